The van der Waals surface area contributed by atoms with Gasteiger partial charge in [-0.2, -0.15) is 0 Å². The van der Waals surface area contributed by atoms with Crippen LogP contribution in [-0.4, -0.2) is 18.9 Å². The summed E-state index contributed by atoms with van der Waals surface area (Å²) in [5.41, 5.74) is 1.04. The minimum atomic E-state index is -0.530. The first-order valence-electron chi connectivity index (χ1n) is 5.61. The van der Waals surface area contributed by atoms with E-state index in [4.69, 9.17) is 11.6 Å². The fourth-order valence-corrected chi connectivity index (χ4v) is 1.85. The van der Waals surface area contributed by atoms with E-state index in [1.807, 2.05) is 0 Å². The zero-order chi connectivity index (χ0) is 13.8. The predicted molar refractivity (Wildman–Crippen MR) is 72.7 cm³/mol. The molecule has 0 aromatic heterocycles. The normalized spacial score (nSPS) is 10.0. The number of ketones is 1. The van der Waals surface area contributed by atoms with E-state index in [1.165, 1.54) is 7.11 Å². The first-order valence-corrected chi connectivity index (χ1v) is 5.99. The fraction of sp³-hybridized carbons (Fsp3) is 0.0667. The molecule has 2 rings (SSSR count). The highest BCUT2D eigenvalue weighted by Crippen LogP contribution is 2.17. The largest absolute Gasteiger partial charge is 0.465 e. The molecule has 0 radical (unpaired) electrons. The Hall–Kier alpha value is -2.13. The van der Waals surface area contributed by atoms with Gasteiger partial charge in [-0.25, -0.2) is 4.79 Å². The van der Waals surface area contributed by atoms with Crippen LogP contribution in [0.1, 0.15) is 26.3 Å². The Labute approximate surface area is 115 Å². The first-order chi connectivity index (χ1) is 9.13. The van der Waals surface area contributed by atoms with Crippen molar-refractivity contribution in [2.45, 2.75) is 0 Å². The van der Waals surface area contributed by atoms with E-state index < -0.39 is 5.97 Å². The lowest BCUT2D eigenvalue weighted by molar-refractivity contribution is 0.0597. The fourth-order valence-electron chi connectivity index (χ4n) is 1.73. The zero-order valence-corrected chi connectivity index (χ0v) is 11.0. The molecule has 0 saturated heterocycles. The maximum Gasteiger partial charge on any atom is 0.338 e. The number of esters is 1. The van der Waals surface area contributed by atoms with Gasteiger partial charge in [-0.05, 0) is 30.3 Å². The summed E-state index contributed by atoms with van der Waals surface area (Å²) in [6.07, 6.45) is 0. The van der Waals surface area contributed by atoms with Crippen LogP contribution in [0.5, 0.6) is 0 Å². The third-order valence-electron chi connectivity index (χ3n) is 2.68. The van der Waals surface area contributed by atoms with E-state index in [9.17, 15) is 9.59 Å². The summed E-state index contributed by atoms with van der Waals surface area (Å²) in [5.74, 6) is -0.768. The van der Waals surface area contributed by atoms with Crippen LogP contribution in [0.2, 0.25) is 5.02 Å². The van der Waals surface area contributed by atoms with Crippen molar-refractivity contribution in [3.05, 3.63) is 70.2 Å². The molecule has 0 spiro atoms. The Morgan fingerprint density at radius 1 is 0.947 bits per heavy atom. The van der Waals surface area contributed by atoms with Gasteiger partial charge in [-0.15, -0.1) is 0 Å². The third kappa shape index (κ3) is 2.83. The van der Waals surface area contributed by atoms with Gasteiger partial charge in [0.2, 0.25) is 0 Å². The van der Waals surface area contributed by atoms with Crippen LogP contribution in [0.25, 0.3) is 0 Å². The van der Waals surface area contributed by atoms with Gasteiger partial charge in [-0.3, -0.25) is 4.79 Å². The SMILES string of the molecule is COC(=O)c1ccccc1C(=O)c1ccc(Cl)cc1. The molecule has 0 aliphatic heterocycles. The number of carbonyl (C=O) groups is 2. The molecule has 0 saturated carbocycles. The molecule has 0 heterocycles. The molecular formula is C15H11ClO3. The molecule has 0 N–H and O–H groups in total. The number of hydrogen-bond acceptors (Lipinski definition) is 3. The van der Waals surface area contributed by atoms with Crippen molar-refractivity contribution in [1.29, 1.82) is 0 Å². The number of methoxy groups -OCH3 is 1. The van der Waals surface area contributed by atoms with Crippen LogP contribution in [0.4, 0.5) is 0 Å². The molecule has 0 bridgehead atoms. The van der Waals surface area contributed by atoms with Gasteiger partial charge >= 0.3 is 5.97 Å². The Kier molecular flexibility index (Phi) is 3.97. The lowest BCUT2D eigenvalue weighted by Crippen LogP contribution is -2.11. The number of ether oxygens (including phenoxy) is 1. The molecule has 96 valence electrons. The zero-order valence-electron chi connectivity index (χ0n) is 10.2. The number of carbonyl (C=O) groups excluding carboxylic acids is 2. The van der Waals surface area contributed by atoms with Gasteiger partial charge in [0.05, 0.1) is 12.7 Å². The summed E-state index contributed by atoms with van der Waals surface area (Å²) >= 11 is 5.78. The Morgan fingerprint density at radius 2 is 1.53 bits per heavy atom. The second kappa shape index (κ2) is 5.67. The smallest absolute Gasteiger partial charge is 0.338 e. The average Bonchev–Trinajstić information content (AvgIpc) is 2.46. The van der Waals surface area contributed by atoms with E-state index in [2.05, 4.69) is 4.74 Å². The molecule has 2 aromatic carbocycles. The first kappa shape index (κ1) is 13.3. The molecule has 0 aliphatic carbocycles. The standard InChI is InChI=1S/C15H11ClO3/c1-19-15(18)13-5-3-2-4-12(13)14(17)10-6-8-11(16)9-7-10/h2-9H,1H3. The molecule has 0 aliphatic rings. The van der Waals surface area contributed by atoms with Crippen molar-refractivity contribution < 1.29 is 14.3 Å². The van der Waals surface area contributed by atoms with Crippen molar-refractivity contribution in [3.8, 4) is 0 Å². The summed E-state index contributed by atoms with van der Waals surface area (Å²) in [6, 6.07) is 13.1. The van der Waals surface area contributed by atoms with Gasteiger partial charge in [0, 0.05) is 16.1 Å². The van der Waals surface area contributed by atoms with Crippen molar-refractivity contribution in [2.75, 3.05) is 7.11 Å². The van der Waals surface area contributed by atoms with Crippen molar-refractivity contribution in [1.82, 2.24) is 0 Å². The molecular weight excluding hydrogens is 264 g/mol. The molecule has 0 fully saturated rings. The van der Waals surface area contributed by atoms with Gasteiger partial charge < -0.3 is 4.74 Å². The Bertz CT molecular complexity index is 618. The van der Waals surface area contributed by atoms with E-state index in [-0.39, 0.29) is 11.3 Å². The lowest BCUT2D eigenvalue weighted by atomic mass is 9.98. The number of benzene rings is 2. The summed E-state index contributed by atoms with van der Waals surface area (Å²) in [5, 5.41) is 0.554. The number of rotatable bonds is 3. The highest BCUT2D eigenvalue weighted by Gasteiger charge is 2.18. The molecule has 3 nitrogen and oxygen atoms in total. The minimum Gasteiger partial charge on any atom is -0.465 e. The monoisotopic (exact) mass is 274 g/mol. The topological polar surface area (TPSA) is 43.4 Å². The molecule has 4 heteroatoms. The Morgan fingerprint density at radius 3 is 2.11 bits per heavy atom. The van der Waals surface area contributed by atoms with Crippen LogP contribution < -0.4 is 0 Å². The van der Waals surface area contributed by atoms with Crippen LogP contribution in [0.15, 0.2) is 48.5 Å². The van der Waals surface area contributed by atoms with E-state index in [1.54, 1.807) is 48.5 Å². The van der Waals surface area contributed by atoms with Gasteiger partial charge in [-0.1, -0.05) is 29.8 Å². The molecule has 2 aromatic rings. The number of hydrogen-bond donors (Lipinski definition) is 0. The van der Waals surface area contributed by atoms with Gasteiger partial charge in [0.25, 0.3) is 0 Å². The van der Waals surface area contributed by atoms with E-state index in [0.29, 0.717) is 16.1 Å². The number of halogens is 1. The van der Waals surface area contributed by atoms with Crippen LogP contribution >= 0.6 is 11.6 Å². The summed E-state index contributed by atoms with van der Waals surface area (Å²) < 4.78 is 4.67. The molecule has 0 amide bonds. The van der Waals surface area contributed by atoms with Gasteiger partial charge in [0.15, 0.2) is 5.78 Å². The third-order valence-corrected chi connectivity index (χ3v) is 2.94. The van der Waals surface area contributed by atoms with E-state index >= 15 is 0 Å². The quantitative estimate of drug-likeness (QED) is 0.637. The van der Waals surface area contributed by atoms with Crippen molar-refractivity contribution >= 4 is 23.4 Å². The van der Waals surface area contributed by atoms with Gasteiger partial charge in [0.1, 0.15) is 0 Å². The van der Waals surface area contributed by atoms with Crippen molar-refractivity contribution in [2.24, 2.45) is 0 Å². The maximum atomic E-state index is 12.3. The van der Waals surface area contributed by atoms with E-state index in [0.717, 1.165) is 0 Å². The average molecular weight is 275 g/mol. The molecule has 0 atom stereocenters. The highest BCUT2D eigenvalue weighted by molar-refractivity contribution is 6.30. The minimum absolute atomic E-state index is 0.238. The lowest BCUT2D eigenvalue weighted by Gasteiger charge is -2.07. The van der Waals surface area contributed by atoms with Crippen molar-refractivity contribution in [3.63, 3.8) is 0 Å². The van der Waals surface area contributed by atoms with Crippen LogP contribution in [-0.2, 0) is 4.74 Å². The second-order valence-electron chi connectivity index (χ2n) is 3.87. The Balaban J connectivity index is 2.44. The summed E-state index contributed by atoms with van der Waals surface area (Å²) in [6.45, 7) is 0. The summed E-state index contributed by atoms with van der Waals surface area (Å²) in [7, 11) is 1.28. The van der Waals surface area contributed by atoms with Crippen LogP contribution in [0, 0.1) is 0 Å². The maximum absolute atomic E-state index is 12.3. The summed E-state index contributed by atoms with van der Waals surface area (Å²) in [4.78, 5) is 24.0. The highest BCUT2D eigenvalue weighted by atomic mass is 35.5. The second-order valence-corrected chi connectivity index (χ2v) is 4.31. The molecule has 19 heavy (non-hydrogen) atoms. The van der Waals surface area contributed by atoms with Crippen LogP contribution in [0.3, 0.4) is 0 Å². The predicted octanol–water partition coefficient (Wildman–Crippen LogP) is 3.36. The molecule has 0 unspecified atom stereocenters.